The van der Waals surface area contributed by atoms with Crippen LogP contribution >= 0.6 is 11.3 Å². The Morgan fingerprint density at radius 2 is 1.98 bits per heavy atom. The number of aromatic nitrogens is 5. The molecular weight excluding hydrogens is 522 g/mol. The van der Waals surface area contributed by atoms with Crippen LogP contribution in [0.3, 0.4) is 0 Å². The number of H-pyrrole nitrogens is 1. The van der Waals surface area contributed by atoms with Gasteiger partial charge in [-0.25, -0.2) is 10.1 Å². The van der Waals surface area contributed by atoms with Gasteiger partial charge >= 0.3 is 5.65 Å². The molecule has 2 aromatic carbocycles. The van der Waals surface area contributed by atoms with Gasteiger partial charge < -0.3 is 11.1 Å². The topological polar surface area (TPSA) is 123 Å². The van der Waals surface area contributed by atoms with E-state index in [1.165, 1.54) is 11.3 Å². The number of anilines is 1. The van der Waals surface area contributed by atoms with Crippen molar-refractivity contribution in [2.24, 2.45) is 0 Å². The summed E-state index contributed by atoms with van der Waals surface area (Å²) in [5.41, 5.74) is 9.33. The van der Waals surface area contributed by atoms with Crippen LogP contribution in [0.4, 0.5) is 5.82 Å². The predicted octanol–water partition coefficient (Wildman–Crippen LogP) is 3.69. The standard InChI is InChI=1S/C30H23N7O2S/c1-18-17-40-24(33-18)13-12-20-8-6-9-21-16-23(37(30(39)25(20)21)22-10-4-3-5-11-22)19(2)34-29(38)26-27(31)35-36-15-7-14-32-28(26)36/h3-11,14-17,19H,1-2H3,(H3,31,34,35,38)/p+1. The number of fused-ring (bicyclic) bond motifs is 2. The molecule has 4 heterocycles. The fourth-order valence-electron chi connectivity index (χ4n) is 4.70. The van der Waals surface area contributed by atoms with Gasteiger partial charge in [-0.2, -0.15) is 0 Å². The molecule has 0 spiro atoms. The van der Waals surface area contributed by atoms with E-state index in [1.807, 2.05) is 73.8 Å². The first-order valence-electron chi connectivity index (χ1n) is 12.5. The Morgan fingerprint density at radius 1 is 1.15 bits per heavy atom. The Labute approximate surface area is 233 Å². The average molecular weight is 547 g/mol. The average Bonchev–Trinajstić information content (AvgIpc) is 3.53. The van der Waals surface area contributed by atoms with E-state index in [0.29, 0.717) is 33.0 Å². The molecule has 0 aliphatic heterocycles. The molecule has 0 saturated heterocycles. The van der Waals surface area contributed by atoms with Crippen molar-refractivity contribution >= 4 is 39.5 Å². The van der Waals surface area contributed by atoms with E-state index in [-0.39, 0.29) is 16.9 Å². The molecule has 196 valence electrons. The van der Waals surface area contributed by atoms with Crippen LogP contribution in [-0.2, 0) is 0 Å². The quantitative estimate of drug-likeness (QED) is 0.230. The number of hydrogen-bond donors (Lipinski definition) is 3. The highest BCUT2D eigenvalue weighted by molar-refractivity contribution is 7.10. The molecule has 0 aliphatic carbocycles. The first kappa shape index (κ1) is 25.0. The van der Waals surface area contributed by atoms with Gasteiger partial charge in [-0.3, -0.25) is 14.2 Å². The van der Waals surface area contributed by atoms with E-state index in [4.69, 9.17) is 5.73 Å². The van der Waals surface area contributed by atoms with Gasteiger partial charge in [-0.15, -0.1) is 15.9 Å². The van der Waals surface area contributed by atoms with Crippen molar-refractivity contribution < 1.29 is 9.31 Å². The number of hydrogen-bond acceptors (Lipinski definition) is 6. The first-order valence-corrected chi connectivity index (χ1v) is 13.4. The summed E-state index contributed by atoms with van der Waals surface area (Å²) in [7, 11) is 0. The molecule has 4 N–H and O–H groups in total. The van der Waals surface area contributed by atoms with E-state index in [1.54, 1.807) is 27.5 Å². The summed E-state index contributed by atoms with van der Waals surface area (Å²) in [6.45, 7) is 3.75. The van der Waals surface area contributed by atoms with E-state index < -0.39 is 11.9 Å². The van der Waals surface area contributed by atoms with Gasteiger partial charge in [-0.1, -0.05) is 36.3 Å². The minimum atomic E-state index is -0.559. The normalized spacial score (nSPS) is 11.8. The molecule has 1 amide bonds. The van der Waals surface area contributed by atoms with Crippen molar-refractivity contribution in [2.45, 2.75) is 19.9 Å². The maximum absolute atomic E-state index is 14.2. The van der Waals surface area contributed by atoms with E-state index >= 15 is 0 Å². The van der Waals surface area contributed by atoms with Gasteiger partial charge in [0.15, 0.2) is 16.4 Å². The Balaban J connectivity index is 1.48. The third-order valence-electron chi connectivity index (χ3n) is 6.51. The summed E-state index contributed by atoms with van der Waals surface area (Å²) in [5, 5.41) is 9.78. The lowest BCUT2D eigenvalue weighted by Gasteiger charge is -2.21. The highest BCUT2D eigenvalue weighted by Gasteiger charge is 2.27. The number of aromatic amines is 1. The second kappa shape index (κ2) is 10.1. The van der Waals surface area contributed by atoms with E-state index in [2.05, 4.69) is 32.2 Å². The number of para-hydroxylation sites is 1. The van der Waals surface area contributed by atoms with Crippen molar-refractivity contribution in [3.05, 3.63) is 116 Å². The number of nitrogens with zero attached hydrogens (tertiary/aromatic N) is 4. The van der Waals surface area contributed by atoms with Gasteiger partial charge in [0.25, 0.3) is 11.5 Å². The molecule has 0 bridgehead atoms. The highest BCUT2D eigenvalue weighted by Crippen LogP contribution is 2.24. The Kier molecular flexibility index (Phi) is 6.34. The molecule has 0 fully saturated rings. The Morgan fingerprint density at radius 3 is 2.75 bits per heavy atom. The molecule has 0 aliphatic rings. The van der Waals surface area contributed by atoms with Gasteiger partial charge in [-0.05, 0) is 54.4 Å². The molecule has 1 atom stereocenters. The van der Waals surface area contributed by atoms with Crippen LogP contribution in [-0.4, -0.2) is 25.5 Å². The third-order valence-corrected chi connectivity index (χ3v) is 7.39. The molecule has 1 unspecified atom stereocenters. The van der Waals surface area contributed by atoms with Crippen LogP contribution in [0.15, 0.2) is 83.2 Å². The van der Waals surface area contributed by atoms with E-state index in [0.717, 1.165) is 11.1 Å². The number of rotatable bonds is 4. The maximum atomic E-state index is 14.2. The number of thiazole rings is 1. The fourth-order valence-corrected chi connectivity index (χ4v) is 5.34. The van der Waals surface area contributed by atoms with Crippen molar-refractivity contribution in [1.82, 2.24) is 25.0 Å². The number of nitrogens with two attached hydrogens (primary N) is 1. The number of benzene rings is 2. The van der Waals surface area contributed by atoms with Crippen molar-refractivity contribution in [3.8, 4) is 17.5 Å². The number of pyridine rings is 1. The Hall–Kier alpha value is -5.27. The molecule has 0 saturated carbocycles. The number of carbonyl (C=O) groups is 1. The zero-order valence-corrected chi connectivity index (χ0v) is 22.5. The molecule has 9 nitrogen and oxygen atoms in total. The summed E-state index contributed by atoms with van der Waals surface area (Å²) < 4.78 is 3.21. The predicted molar refractivity (Wildman–Crippen MR) is 154 cm³/mol. The molecule has 10 heteroatoms. The summed E-state index contributed by atoms with van der Waals surface area (Å²) in [5.74, 6) is 6.02. The second-order valence-corrected chi connectivity index (χ2v) is 10.1. The SMILES string of the molecule is Cc1csc(C#Cc2cccc3cc(C(C)NC(=O)c4c(N)[nH][n+]5cccnc45)n(-c4ccccc4)c(=O)c23)n1. The van der Waals surface area contributed by atoms with Crippen molar-refractivity contribution in [1.29, 1.82) is 0 Å². The zero-order chi connectivity index (χ0) is 27.8. The molecule has 4 aromatic heterocycles. The number of nitrogen functional groups attached to an aromatic ring is 1. The van der Waals surface area contributed by atoms with Crippen molar-refractivity contribution in [3.63, 3.8) is 0 Å². The third kappa shape index (κ3) is 4.48. The molecule has 0 radical (unpaired) electrons. The van der Waals surface area contributed by atoms with Gasteiger partial charge in [0, 0.05) is 34.1 Å². The fraction of sp³-hybridized carbons (Fsp3) is 0.100. The lowest BCUT2D eigenvalue weighted by atomic mass is 10.0. The molecule has 6 rings (SSSR count). The number of aryl methyl sites for hydroxylation is 1. The monoisotopic (exact) mass is 546 g/mol. The largest absolute Gasteiger partial charge is 0.382 e. The van der Waals surface area contributed by atoms with Crippen LogP contribution in [0.2, 0.25) is 0 Å². The molecule has 6 aromatic rings. The number of carbonyl (C=O) groups excluding carboxylic acids is 1. The summed E-state index contributed by atoms with van der Waals surface area (Å²) in [6, 6.07) is 18.0. The van der Waals surface area contributed by atoms with Gasteiger partial charge in [0.05, 0.1) is 11.4 Å². The zero-order valence-electron chi connectivity index (χ0n) is 21.7. The molecular formula is C30H24N7O2S+. The number of amides is 1. The first-order chi connectivity index (χ1) is 19.4. The minimum absolute atomic E-state index is 0.195. The molecule has 40 heavy (non-hydrogen) atoms. The van der Waals surface area contributed by atoms with Gasteiger partial charge in [0.2, 0.25) is 0 Å². The lowest BCUT2D eigenvalue weighted by molar-refractivity contribution is -0.577. The Bertz CT molecular complexity index is 2030. The minimum Gasteiger partial charge on any atom is -0.382 e. The highest BCUT2D eigenvalue weighted by atomic mass is 32.1. The summed E-state index contributed by atoms with van der Waals surface area (Å²) in [6.07, 6.45) is 3.32. The second-order valence-electron chi connectivity index (χ2n) is 9.27. The van der Waals surface area contributed by atoms with Crippen LogP contribution < -0.4 is 21.1 Å². The summed E-state index contributed by atoms with van der Waals surface area (Å²) >= 11 is 1.47. The number of nitrogens with one attached hydrogen (secondary N) is 2. The van der Waals surface area contributed by atoms with Crippen molar-refractivity contribution in [2.75, 3.05) is 5.73 Å². The van der Waals surface area contributed by atoms with Crippen LogP contribution in [0.1, 0.15) is 45.3 Å². The summed E-state index contributed by atoms with van der Waals surface area (Å²) in [4.78, 5) is 36.3. The lowest BCUT2D eigenvalue weighted by Crippen LogP contribution is -2.33. The van der Waals surface area contributed by atoms with Crippen LogP contribution in [0.5, 0.6) is 0 Å². The van der Waals surface area contributed by atoms with Crippen LogP contribution in [0.25, 0.3) is 22.1 Å². The van der Waals surface area contributed by atoms with Crippen LogP contribution in [0, 0.1) is 18.8 Å². The smallest absolute Gasteiger partial charge is 0.362 e. The maximum Gasteiger partial charge on any atom is 0.362 e. The van der Waals surface area contributed by atoms with E-state index in [9.17, 15) is 9.59 Å². The van der Waals surface area contributed by atoms with Gasteiger partial charge in [0.1, 0.15) is 12.4 Å².